The van der Waals surface area contributed by atoms with Crippen molar-refractivity contribution in [1.29, 1.82) is 0 Å². The minimum atomic E-state index is -0.444. The summed E-state index contributed by atoms with van der Waals surface area (Å²) in [7, 11) is 1.54. The molecule has 0 saturated heterocycles. The van der Waals surface area contributed by atoms with Crippen molar-refractivity contribution < 1.29 is 14.3 Å². The summed E-state index contributed by atoms with van der Waals surface area (Å²) in [6, 6.07) is 15.4. The molecule has 0 spiro atoms. The van der Waals surface area contributed by atoms with Crippen LogP contribution in [0.4, 0.5) is 11.5 Å². The number of Topliss-reactive ketones (excluding diaryl/α,β-unsaturated/α-hetero) is 1. The van der Waals surface area contributed by atoms with Crippen molar-refractivity contribution in [2.24, 2.45) is 0 Å². The zero-order chi connectivity index (χ0) is 24.4. The first-order valence-electron chi connectivity index (χ1n) is 11.3. The largest absolute Gasteiger partial charge is 0.457 e. The quantitative estimate of drug-likeness (QED) is 0.332. The molecule has 35 heavy (non-hydrogen) atoms. The zero-order valence-corrected chi connectivity index (χ0v) is 19.7. The van der Waals surface area contributed by atoms with Gasteiger partial charge in [-0.2, -0.15) is 0 Å². The van der Waals surface area contributed by atoms with Gasteiger partial charge in [-0.1, -0.05) is 6.07 Å². The summed E-state index contributed by atoms with van der Waals surface area (Å²) in [5.74, 6) is 2.17. The SMILES string of the molecule is COC(C)C(=O)Cc1ccc2ncnc(Nc3ccc(Oc4ccn5ccnc5c4)c(C)c3)c2c1. The van der Waals surface area contributed by atoms with E-state index in [1.165, 1.54) is 13.4 Å². The van der Waals surface area contributed by atoms with E-state index in [-0.39, 0.29) is 12.2 Å². The highest BCUT2D eigenvalue weighted by molar-refractivity contribution is 5.92. The van der Waals surface area contributed by atoms with Gasteiger partial charge in [-0.15, -0.1) is 0 Å². The van der Waals surface area contributed by atoms with Gasteiger partial charge in [0.15, 0.2) is 5.78 Å². The number of benzene rings is 2. The lowest BCUT2D eigenvalue weighted by atomic mass is 10.0. The molecule has 3 aromatic heterocycles. The molecule has 8 heteroatoms. The van der Waals surface area contributed by atoms with E-state index in [0.29, 0.717) is 5.82 Å². The number of hydrogen-bond acceptors (Lipinski definition) is 7. The molecule has 176 valence electrons. The molecule has 0 fully saturated rings. The van der Waals surface area contributed by atoms with Gasteiger partial charge in [0.2, 0.25) is 0 Å². The van der Waals surface area contributed by atoms with Crippen LogP contribution in [0.1, 0.15) is 18.1 Å². The maximum Gasteiger partial charge on any atom is 0.165 e. The standard InChI is InChI=1S/C27H25N5O3/c1-17-12-20(5-7-25(17)35-21-8-10-32-11-9-28-26(32)15-21)31-27-22-13-19(14-24(33)18(2)34-3)4-6-23(22)29-16-30-27/h4-13,15-16,18H,14H2,1-3H3,(H,29,30,31). The highest BCUT2D eigenvalue weighted by atomic mass is 16.5. The number of aryl methyl sites for hydroxylation is 1. The normalized spacial score (nSPS) is 12.1. The van der Waals surface area contributed by atoms with Gasteiger partial charge >= 0.3 is 0 Å². The van der Waals surface area contributed by atoms with Crippen molar-refractivity contribution in [1.82, 2.24) is 19.4 Å². The van der Waals surface area contributed by atoms with Crippen LogP contribution in [0.5, 0.6) is 11.5 Å². The van der Waals surface area contributed by atoms with Gasteiger partial charge in [-0.3, -0.25) is 4.79 Å². The van der Waals surface area contributed by atoms with Crippen LogP contribution in [0.2, 0.25) is 0 Å². The van der Waals surface area contributed by atoms with E-state index in [0.717, 1.165) is 44.9 Å². The summed E-state index contributed by atoms with van der Waals surface area (Å²) in [6.07, 6.45) is 6.93. The molecule has 1 unspecified atom stereocenters. The van der Waals surface area contributed by atoms with Gasteiger partial charge in [-0.25, -0.2) is 15.0 Å². The summed E-state index contributed by atoms with van der Waals surface area (Å²) >= 11 is 0. The summed E-state index contributed by atoms with van der Waals surface area (Å²) in [5.41, 5.74) is 4.35. The lowest BCUT2D eigenvalue weighted by Gasteiger charge is -2.13. The van der Waals surface area contributed by atoms with Gasteiger partial charge in [-0.05, 0) is 61.4 Å². The van der Waals surface area contributed by atoms with Crippen LogP contribution in [0.3, 0.4) is 0 Å². The van der Waals surface area contributed by atoms with E-state index in [1.54, 1.807) is 13.1 Å². The third-order valence-corrected chi connectivity index (χ3v) is 5.92. The Morgan fingerprint density at radius 2 is 1.94 bits per heavy atom. The number of fused-ring (bicyclic) bond motifs is 2. The Morgan fingerprint density at radius 1 is 1.06 bits per heavy atom. The monoisotopic (exact) mass is 467 g/mol. The zero-order valence-electron chi connectivity index (χ0n) is 19.7. The van der Waals surface area contributed by atoms with Crippen molar-refractivity contribution in [3.63, 3.8) is 0 Å². The molecule has 0 aliphatic carbocycles. The molecule has 5 rings (SSSR count). The van der Waals surface area contributed by atoms with E-state index < -0.39 is 6.10 Å². The Balaban J connectivity index is 1.37. The first-order valence-corrected chi connectivity index (χ1v) is 11.3. The molecule has 2 aromatic carbocycles. The van der Waals surface area contributed by atoms with Gasteiger partial charge in [0.25, 0.3) is 0 Å². The highest BCUT2D eigenvalue weighted by Crippen LogP contribution is 2.30. The fourth-order valence-electron chi connectivity index (χ4n) is 3.85. The Hall–Kier alpha value is -4.30. The number of pyridine rings is 1. The summed E-state index contributed by atoms with van der Waals surface area (Å²) in [4.78, 5) is 25.4. The number of imidazole rings is 1. The molecular formula is C27H25N5O3. The van der Waals surface area contributed by atoms with Crippen LogP contribution in [0.15, 0.2) is 73.4 Å². The van der Waals surface area contributed by atoms with Gasteiger partial charge < -0.3 is 19.2 Å². The number of anilines is 2. The van der Waals surface area contributed by atoms with Crippen molar-refractivity contribution in [3.05, 3.63) is 84.6 Å². The van der Waals surface area contributed by atoms with Gasteiger partial charge in [0.1, 0.15) is 35.4 Å². The molecule has 5 aromatic rings. The molecule has 8 nitrogen and oxygen atoms in total. The van der Waals surface area contributed by atoms with Crippen LogP contribution in [0, 0.1) is 6.92 Å². The Kier molecular flexibility index (Phi) is 6.12. The number of aromatic nitrogens is 4. The van der Waals surface area contributed by atoms with Crippen molar-refractivity contribution >= 4 is 33.8 Å². The lowest BCUT2D eigenvalue weighted by molar-refractivity contribution is -0.127. The van der Waals surface area contributed by atoms with E-state index >= 15 is 0 Å². The fraction of sp³-hybridized carbons (Fsp3) is 0.185. The topological polar surface area (TPSA) is 90.6 Å². The molecule has 0 aliphatic rings. The van der Waals surface area contributed by atoms with Gasteiger partial charge in [0.05, 0.1) is 5.52 Å². The number of nitrogens with zero attached hydrogens (tertiary/aromatic N) is 4. The molecule has 0 amide bonds. The Labute approximate surface area is 202 Å². The Morgan fingerprint density at radius 3 is 2.77 bits per heavy atom. The molecule has 0 bridgehead atoms. The van der Waals surface area contributed by atoms with Crippen molar-refractivity contribution in [2.75, 3.05) is 12.4 Å². The third kappa shape index (κ3) is 4.83. The fourth-order valence-corrected chi connectivity index (χ4v) is 3.85. The molecular weight excluding hydrogens is 442 g/mol. The first kappa shape index (κ1) is 22.5. The van der Waals surface area contributed by atoms with Crippen molar-refractivity contribution in [3.8, 4) is 11.5 Å². The summed E-state index contributed by atoms with van der Waals surface area (Å²) in [6.45, 7) is 3.75. The molecule has 1 N–H and O–H groups in total. The molecule has 0 radical (unpaired) electrons. The van der Waals surface area contributed by atoms with Crippen LogP contribution in [-0.4, -0.2) is 38.3 Å². The predicted molar refractivity (Wildman–Crippen MR) is 134 cm³/mol. The Bertz CT molecular complexity index is 1530. The summed E-state index contributed by atoms with van der Waals surface area (Å²) < 4.78 is 13.2. The number of ether oxygens (including phenoxy) is 2. The lowest BCUT2D eigenvalue weighted by Crippen LogP contribution is -2.20. The first-order chi connectivity index (χ1) is 17.0. The van der Waals surface area contributed by atoms with E-state index in [9.17, 15) is 4.79 Å². The predicted octanol–water partition coefficient (Wildman–Crippen LogP) is 5.27. The minimum absolute atomic E-state index is 0.0244. The number of rotatable bonds is 8. The minimum Gasteiger partial charge on any atom is -0.457 e. The summed E-state index contributed by atoms with van der Waals surface area (Å²) in [5, 5.41) is 4.23. The van der Waals surface area contributed by atoms with Crippen LogP contribution in [0.25, 0.3) is 16.6 Å². The average Bonchev–Trinajstić information content (AvgIpc) is 3.33. The number of carbonyl (C=O) groups is 1. The molecule has 0 aliphatic heterocycles. The van der Waals surface area contributed by atoms with Crippen LogP contribution < -0.4 is 10.1 Å². The number of carbonyl (C=O) groups excluding carboxylic acids is 1. The molecule has 3 heterocycles. The maximum absolute atomic E-state index is 12.3. The smallest absolute Gasteiger partial charge is 0.165 e. The van der Waals surface area contributed by atoms with Crippen molar-refractivity contribution in [2.45, 2.75) is 26.4 Å². The number of hydrogen-bond donors (Lipinski definition) is 1. The third-order valence-electron chi connectivity index (χ3n) is 5.92. The van der Waals surface area contributed by atoms with Crippen LogP contribution >= 0.6 is 0 Å². The second kappa shape index (κ2) is 9.52. The molecule has 0 saturated carbocycles. The second-order valence-corrected chi connectivity index (χ2v) is 8.36. The van der Waals surface area contributed by atoms with Gasteiger partial charge in [0, 0.05) is 49.3 Å². The number of ketones is 1. The van der Waals surface area contributed by atoms with E-state index in [4.69, 9.17) is 9.47 Å². The average molecular weight is 468 g/mol. The van der Waals surface area contributed by atoms with E-state index in [2.05, 4.69) is 20.3 Å². The highest BCUT2D eigenvalue weighted by Gasteiger charge is 2.14. The van der Waals surface area contributed by atoms with E-state index in [1.807, 2.05) is 72.2 Å². The number of methoxy groups -OCH3 is 1. The molecule has 1 atom stereocenters. The number of nitrogens with one attached hydrogen (secondary N) is 1. The maximum atomic E-state index is 12.3. The second-order valence-electron chi connectivity index (χ2n) is 8.36. The van der Waals surface area contributed by atoms with Crippen LogP contribution in [-0.2, 0) is 16.0 Å².